The quantitative estimate of drug-likeness (QED) is 0.785. The molecule has 3 N–H and O–H groups in total. The summed E-state index contributed by atoms with van der Waals surface area (Å²) in [4.78, 5) is 23.4. The summed E-state index contributed by atoms with van der Waals surface area (Å²) in [6, 6.07) is 8.41. The van der Waals surface area contributed by atoms with Crippen molar-refractivity contribution in [2.75, 3.05) is 5.32 Å². The number of nitrogens with zero attached hydrogens (tertiary/aromatic N) is 1. The molecule has 1 aromatic rings. The largest absolute Gasteiger partial charge is 0.393 e. The summed E-state index contributed by atoms with van der Waals surface area (Å²) in [5.41, 5.74) is 1.07. The van der Waals surface area contributed by atoms with E-state index in [1.807, 2.05) is 0 Å². The molecule has 0 saturated heterocycles. The van der Waals surface area contributed by atoms with Crippen LogP contribution in [0, 0.1) is 11.3 Å². The molecule has 0 spiro atoms. The highest BCUT2D eigenvalue weighted by Crippen LogP contribution is 2.19. The molecule has 1 fully saturated rings. The number of hydrogen-bond donors (Lipinski definition) is 3. The van der Waals surface area contributed by atoms with Crippen LogP contribution >= 0.6 is 0 Å². The van der Waals surface area contributed by atoms with Crippen molar-refractivity contribution in [2.24, 2.45) is 0 Å². The number of nitriles is 1. The van der Waals surface area contributed by atoms with Crippen LogP contribution in [0.15, 0.2) is 24.3 Å². The Morgan fingerprint density at radius 2 is 1.82 bits per heavy atom. The van der Waals surface area contributed by atoms with Crippen molar-refractivity contribution in [2.45, 2.75) is 44.2 Å². The lowest BCUT2D eigenvalue weighted by atomic mass is 9.93. The number of anilines is 1. The van der Waals surface area contributed by atoms with Crippen LogP contribution in [0.4, 0.5) is 5.69 Å². The van der Waals surface area contributed by atoms with Crippen LogP contribution in [0.2, 0.25) is 0 Å². The average Bonchev–Trinajstić information content (AvgIpc) is 2.50. The van der Waals surface area contributed by atoms with E-state index in [0.717, 1.165) is 25.7 Å². The van der Waals surface area contributed by atoms with Gasteiger partial charge in [0.25, 0.3) is 5.91 Å². The predicted molar refractivity (Wildman–Crippen MR) is 81.0 cm³/mol. The minimum absolute atomic E-state index is 0.103. The van der Waals surface area contributed by atoms with Crippen LogP contribution < -0.4 is 10.6 Å². The first-order valence-electron chi connectivity index (χ1n) is 7.34. The van der Waals surface area contributed by atoms with Gasteiger partial charge in [-0.1, -0.05) is 0 Å². The normalized spacial score (nSPS) is 20.7. The molecule has 6 heteroatoms. The van der Waals surface area contributed by atoms with Gasteiger partial charge in [-0.05, 0) is 49.9 Å². The third-order valence-corrected chi connectivity index (χ3v) is 3.70. The van der Waals surface area contributed by atoms with E-state index in [1.165, 1.54) is 0 Å². The maximum atomic E-state index is 12.1. The number of benzene rings is 1. The second kappa shape index (κ2) is 7.57. The van der Waals surface area contributed by atoms with Crippen molar-refractivity contribution < 1.29 is 14.7 Å². The first-order chi connectivity index (χ1) is 10.6. The second-order valence-corrected chi connectivity index (χ2v) is 5.44. The lowest BCUT2D eigenvalue weighted by Crippen LogP contribution is -2.38. The smallest absolute Gasteiger partial charge is 0.251 e. The first-order valence-corrected chi connectivity index (χ1v) is 7.34. The zero-order chi connectivity index (χ0) is 15.9. The summed E-state index contributed by atoms with van der Waals surface area (Å²) in [6.45, 7) is 0. The van der Waals surface area contributed by atoms with Gasteiger partial charge in [0.05, 0.1) is 12.2 Å². The molecular weight excluding hydrogens is 282 g/mol. The molecule has 0 heterocycles. The number of carbonyl (C=O) groups is 2. The van der Waals surface area contributed by atoms with Crippen molar-refractivity contribution in [1.82, 2.24) is 5.32 Å². The van der Waals surface area contributed by atoms with Gasteiger partial charge < -0.3 is 15.7 Å². The van der Waals surface area contributed by atoms with Gasteiger partial charge in [-0.15, -0.1) is 0 Å². The van der Waals surface area contributed by atoms with Gasteiger partial charge in [0, 0.05) is 17.3 Å². The van der Waals surface area contributed by atoms with Gasteiger partial charge in [0.1, 0.15) is 6.42 Å². The fourth-order valence-corrected chi connectivity index (χ4v) is 2.47. The Morgan fingerprint density at radius 1 is 1.18 bits per heavy atom. The van der Waals surface area contributed by atoms with Gasteiger partial charge in [-0.3, -0.25) is 9.59 Å². The number of hydrogen-bond acceptors (Lipinski definition) is 4. The summed E-state index contributed by atoms with van der Waals surface area (Å²) >= 11 is 0. The summed E-state index contributed by atoms with van der Waals surface area (Å²) < 4.78 is 0. The van der Waals surface area contributed by atoms with Crippen LogP contribution in [0.1, 0.15) is 42.5 Å². The lowest BCUT2D eigenvalue weighted by molar-refractivity contribution is -0.115. The second-order valence-electron chi connectivity index (χ2n) is 5.44. The molecule has 1 saturated carbocycles. The number of amides is 2. The fourth-order valence-electron chi connectivity index (χ4n) is 2.47. The van der Waals surface area contributed by atoms with E-state index in [-0.39, 0.29) is 30.4 Å². The Morgan fingerprint density at radius 3 is 2.41 bits per heavy atom. The summed E-state index contributed by atoms with van der Waals surface area (Å²) in [7, 11) is 0. The van der Waals surface area contributed by atoms with E-state index in [9.17, 15) is 14.7 Å². The van der Waals surface area contributed by atoms with Gasteiger partial charge >= 0.3 is 0 Å². The van der Waals surface area contributed by atoms with E-state index in [2.05, 4.69) is 10.6 Å². The first kappa shape index (κ1) is 16.0. The minimum atomic E-state index is -0.375. The molecule has 1 aromatic carbocycles. The maximum absolute atomic E-state index is 12.1. The molecule has 116 valence electrons. The van der Waals surface area contributed by atoms with Crippen LogP contribution in [-0.4, -0.2) is 29.1 Å². The molecule has 0 unspecified atom stereocenters. The summed E-state index contributed by atoms with van der Waals surface area (Å²) in [5.74, 6) is -0.531. The highest BCUT2D eigenvalue weighted by atomic mass is 16.3. The van der Waals surface area contributed by atoms with E-state index in [1.54, 1.807) is 30.3 Å². The summed E-state index contributed by atoms with van der Waals surface area (Å²) in [6.07, 6.45) is 2.56. The van der Waals surface area contributed by atoms with Gasteiger partial charge in [-0.25, -0.2) is 0 Å². The minimum Gasteiger partial charge on any atom is -0.393 e. The molecular formula is C16H19N3O3. The van der Waals surface area contributed by atoms with Gasteiger partial charge in [-0.2, -0.15) is 5.26 Å². The Labute approximate surface area is 129 Å². The van der Waals surface area contributed by atoms with Gasteiger partial charge in [0.15, 0.2) is 0 Å². The number of nitrogens with one attached hydrogen (secondary N) is 2. The number of aliphatic hydroxyl groups excluding tert-OH is 1. The molecule has 1 aliphatic carbocycles. The number of carbonyl (C=O) groups excluding carboxylic acids is 2. The fraction of sp³-hybridized carbons (Fsp3) is 0.438. The van der Waals surface area contributed by atoms with Crippen molar-refractivity contribution in [3.63, 3.8) is 0 Å². The SMILES string of the molecule is N#CCC(=O)Nc1ccc(C(=O)NC2CCC(O)CC2)cc1. The maximum Gasteiger partial charge on any atom is 0.251 e. The molecule has 0 aliphatic heterocycles. The zero-order valence-electron chi connectivity index (χ0n) is 12.2. The Bertz CT molecular complexity index is 569. The van der Waals surface area contributed by atoms with E-state index in [0.29, 0.717) is 11.3 Å². The highest BCUT2D eigenvalue weighted by molar-refractivity contribution is 5.96. The lowest BCUT2D eigenvalue weighted by Gasteiger charge is -2.26. The standard InChI is InChI=1S/C16H19N3O3/c17-10-9-15(21)18-12-3-1-11(2-4-12)16(22)19-13-5-7-14(20)8-6-13/h1-4,13-14,20H,5-9H2,(H,18,21)(H,19,22). The van der Waals surface area contributed by atoms with E-state index in [4.69, 9.17) is 5.26 Å². The topological polar surface area (TPSA) is 102 Å². The third kappa shape index (κ3) is 4.57. The number of aliphatic hydroxyl groups is 1. The van der Waals surface area contributed by atoms with Crippen LogP contribution in [0.3, 0.4) is 0 Å². The summed E-state index contributed by atoms with van der Waals surface area (Å²) in [5, 5.41) is 23.4. The molecule has 0 bridgehead atoms. The molecule has 6 nitrogen and oxygen atoms in total. The molecule has 2 rings (SSSR count). The van der Waals surface area contributed by atoms with Crippen molar-refractivity contribution in [3.8, 4) is 6.07 Å². The van der Waals surface area contributed by atoms with Crippen molar-refractivity contribution >= 4 is 17.5 Å². The molecule has 1 aliphatic rings. The Hall–Kier alpha value is -2.39. The third-order valence-electron chi connectivity index (χ3n) is 3.70. The van der Waals surface area contributed by atoms with Crippen LogP contribution in [0.5, 0.6) is 0 Å². The Balaban J connectivity index is 1.88. The van der Waals surface area contributed by atoms with Crippen molar-refractivity contribution in [1.29, 1.82) is 5.26 Å². The van der Waals surface area contributed by atoms with Crippen LogP contribution in [0.25, 0.3) is 0 Å². The monoisotopic (exact) mass is 301 g/mol. The molecule has 0 atom stereocenters. The van der Waals surface area contributed by atoms with Crippen molar-refractivity contribution in [3.05, 3.63) is 29.8 Å². The molecule has 2 amide bonds. The average molecular weight is 301 g/mol. The van der Waals surface area contributed by atoms with Gasteiger partial charge in [0.2, 0.25) is 5.91 Å². The van der Waals surface area contributed by atoms with Crippen LogP contribution in [-0.2, 0) is 4.79 Å². The molecule has 22 heavy (non-hydrogen) atoms. The highest BCUT2D eigenvalue weighted by Gasteiger charge is 2.21. The zero-order valence-corrected chi connectivity index (χ0v) is 12.2. The Kier molecular flexibility index (Phi) is 5.50. The van der Waals surface area contributed by atoms with E-state index >= 15 is 0 Å². The van der Waals surface area contributed by atoms with E-state index < -0.39 is 0 Å². The number of rotatable bonds is 4. The predicted octanol–water partition coefficient (Wildman–Crippen LogP) is 1.57. The molecule has 0 aromatic heterocycles. The molecule has 0 radical (unpaired) electrons.